The van der Waals surface area contributed by atoms with E-state index in [9.17, 15) is 4.79 Å². The molecule has 2 heterocycles. The Morgan fingerprint density at radius 3 is 2.19 bits per heavy atom. The highest BCUT2D eigenvalue weighted by Crippen LogP contribution is 2.32. The lowest BCUT2D eigenvalue weighted by Crippen LogP contribution is -2.42. The summed E-state index contributed by atoms with van der Waals surface area (Å²) in [5, 5.41) is 3.10. The second-order valence-corrected chi connectivity index (χ2v) is 10.00. The third-order valence-electron chi connectivity index (χ3n) is 7.13. The summed E-state index contributed by atoms with van der Waals surface area (Å²) in [4.78, 5) is 25.5. The minimum atomic E-state index is -0.0665. The Morgan fingerprint density at radius 2 is 1.56 bits per heavy atom. The maximum atomic E-state index is 13.0. The fourth-order valence-electron chi connectivity index (χ4n) is 5.09. The predicted octanol–water partition coefficient (Wildman–Crippen LogP) is 6.18. The summed E-state index contributed by atoms with van der Waals surface area (Å²) in [6, 6.07) is 22.9. The number of hydrogen-bond donors (Lipinski definition) is 1. The average molecular weight is 479 g/mol. The Hall–Kier alpha value is -3.57. The number of nitrogens with zero attached hydrogens (tertiary/aromatic N) is 3. The monoisotopic (exact) mass is 478 g/mol. The van der Waals surface area contributed by atoms with Gasteiger partial charge < -0.3 is 5.32 Å². The first-order valence-corrected chi connectivity index (χ1v) is 13.0. The number of aryl methyl sites for hydroxylation is 2. The van der Waals surface area contributed by atoms with Crippen LogP contribution in [0.3, 0.4) is 0 Å². The fraction of sp³-hybridized carbons (Fsp3) is 0.323. The maximum Gasteiger partial charge on any atom is 0.251 e. The molecule has 1 aromatic heterocycles. The van der Waals surface area contributed by atoms with E-state index in [1.165, 1.54) is 30.4 Å². The molecule has 1 saturated heterocycles. The topological polar surface area (TPSA) is 58.1 Å². The van der Waals surface area contributed by atoms with E-state index in [4.69, 9.17) is 9.97 Å². The summed E-state index contributed by atoms with van der Waals surface area (Å²) in [7, 11) is 0. The Kier molecular flexibility index (Phi) is 7.10. The Balaban J connectivity index is 1.45. The number of likely N-dealkylation sites (tertiary alicyclic amines) is 1. The molecule has 184 valence electrons. The van der Waals surface area contributed by atoms with Crippen LogP contribution in [-0.2, 0) is 0 Å². The highest BCUT2D eigenvalue weighted by molar-refractivity contribution is 5.98. The number of fused-ring (bicyclic) bond motifs is 1. The molecule has 1 atom stereocenters. The molecular formula is C31H34N4O. The van der Waals surface area contributed by atoms with Gasteiger partial charge in [0.05, 0.1) is 22.4 Å². The second kappa shape index (κ2) is 10.6. The molecule has 5 nitrogen and oxygen atoms in total. The van der Waals surface area contributed by atoms with Gasteiger partial charge in [-0.3, -0.25) is 9.69 Å². The maximum absolute atomic E-state index is 13.0. The molecule has 0 aliphatic carbocycles. The molecular weight excluding hydrogens is 444 g/mol. The molecule has 1 amide bonds. The number of piperidine rings is 1. The number of rotatable bonds is 6. The van der Waals surface area contributed by atoms with Crippen molar-refractivity contribution in [1.29, 1.82) is 0 Å². The van der Waals surface area contributed by atoms with Gasteiger partial charge in [0, 0.05) is 35.8 Å². The van der Waals surface area contributed by atoms with Gasteiger partial charge in [0.1, 0.15) is 0 Å². The van der Waals surface area contributed by atoms with Crippen molar-refractivity contribution in [1.82, 2.24) is 20.2 Å². The number of nitrogens with one attached hydrogen (secondary N) is 1. The molecule has 5 heteroatoms. The first-order chi connectivity index (χ1) is 17.5. The van der Waals surface area contributed by atoms with Crippen LogP contribution in [0.5, 0.6) is 0 Å². The van der Waals surface area contributed by atoms with Crippen LogP contribution in [0, 0.1) is 13.8 Å². The minimum absolute atomic E-state index is 0.0665. The molecule has 5 rings (SSSR count). The first-order valence-electron chi connectivity index (χ1n) is 13.0. The Bertz CT molecular complexity index is 1400. The molecule has 3 aromatic carbocycles. The van der Waals surface area contributed by atoms with Crippen molar-refractivity contribution in [3.8, 4) is 22.5 Å². The van der Waals surface area contributed by atoms with Crippen LogP contribution in [0.15, 0.2) is 66.7 Å². The van der Waals surface area contributed by atoms with Crippen LogP contribution in [0.1, 0.15) is 47.7 Å². The fourth-order valence-corrected chi connectivity index (χ4v) is 5.09. The zero-order chi connectivity index (χ0) is 25.1. The van der Waals surface area contributed by atoms with Crippen molar-refractivity contribution < 1.29 is 4.79 Å². The van der Waals surface area contributed by atoms with E-state index >= 15 is 0 Å². The average Bonchev–Trinajstić information content (AvgIpc) is 2.88. The highest BCUT2D eigenvalue weighted by atomic mass is 16.1. The van der Waals surface area contributed by atoms with Gasteiger partial charge in [-0.05, 0) is 70.5 Å². The van der Waals surface area contributed by atoms with Gasteiger partial charge in [-0.2, -0.15) is 0 Å². The molecule has 4 aromatic rings. The number of carbonyl (C=O) groups excluding carboxylic acids is 1. The van der Waals surface area contributed by atoms with Gasteiger partial charge in [-0.1, -0.05) is 53.9 Å². The van der Waals surface area contributed by atoms with Crippen molar-refractivity contribution in [2.75, 3.05) is 19.6 Å². The molecule has 0 bridgehead atoms. The summed E-state index contributed by atoms with van der Waals surface area (Å²) in [6.07, 6.45) is 3.79. The van der Waals surface area contributed by atoms with Crippen LogP contribution >= 0.6 is 0 Å². The molecule has 0 radical (unpaired) electrons. The Morgan fingerprint density at radius 1 is 0.889 bits per heavy atom. The van der Waals surface area contributed by atoms with E-state index in [-0.39, 0.29) is 5.91 Å². The van der Waals surface area contributed by atoms with E-state index in [1.54, 1.807) is 0 Å². The summed E-state index contributed by atoms with van der Waals surface area (Å²) in [5.74, 6) is -0.0665. The smallest absolute Gasteiger partial charge is 0.251 e. The molecule has 1 aliphatic heterocycles. The number of aromatic nitrogens is 2. The Labute approximate surface area is 213 Å². The summed E-state index contributed by atoms with van der Waals surface area (Å²) in [5.41, 5.74) is 8.19. The third kappa shape index (κ3) is 5.31. The molecule has 36 heavy (non-hydrogen) atoms. The second-order valence-electron chi connectivity index (χ2n) is 10.00. The van der Waals surface area contributed by atoms with Gasteiger partial charge >= 0.3 is 0 Å². The van der Waals surface area contributed by atoms with E-state index in [0.717, 1.165) is 46.6 Å². The van der Waals surface area contributed by atoms with Crippen LogP contribution in [0.4, 0.5) is 0 Å². The molecule has 1 fully saturated rings. The van der Waals surface area contributed by atoms with Crippen molar-refractivity contribution in [3.63, 3.8) is 0 Å². The number of hydrogen-bond acceptors (Lipinski definition) is 4. The lowest BCUT2D eigenvalue weighted by atomic mass is 10.0. The predicted molar refractivity (Wildman–Crippen MR) is 147 cm³/mol. The lowest BCUT2D eigenvalue weighted by molar-refractivity contribution is 0.0938. The van der Waals surface area contributed by atoms with E-state index in [2.05, 4.69) is 73.5 Å². The number of carbonyl (C=O) groups is 1. The van der Waals surface area contributed by atoms with Crippen molar-refractivity contribution in [3.05, 3.63) is 83.4 Å². The zero-order valence-electron chi connectivity index (χ0n) is 21.4. The van der Waals surface area contributed by atoms with Crippen LogP contribution < -0.4 is 5.32 Å². The SMILES string of the molecule is Cc1cccc(-c2nc3ccc(C(=O)NCCN4CCCC[C@@H]4C)cc3nc2-c2cccc(C)c2)c1. The van der Waals surface area contributed by atoms with Gasteiger partial charge in [0.15, 0.2) is 0 Å². The number of benzene rings is 3. The van der Waals surface area contributed by atoms with Gasteiger partial charge in [0.25, 0.3) is 5.91 Å². The first kappa shape index (κ1) is 24.1. The van der Waals surface area contributed by atoms with Crippen molar-refractivity contribution in [2.45, 2.75) is 46.1 Å². The van der Waals surface area contributed by atoms with Gasteiger partial charge in [-0.25, -0.2) is 9.97 Å². The molecule has 0 saturated carbocycles. The highest BCUT2D eigenvalue weighted by Gasteiger charge is 2.18. The van der Waals surface area contributed by atoms with E-state index in [0.29, 0.717) is 18.2 Å². The molecule has 1 N–H and O–H groups in total. The third-order valence-corrected chi connectivity index (χ3v) is 7.13. The summed E-state index contributed by atoms with van der Waals surface area (Å²) < 4.78 is 0. The zero-order valence-corrected chi connectivity index (χ0v) is 21.4. The normalized spacial score (nSPS) is 16.2. The summed E-state index contributed by atoms with van der Waals surface area (Å²) >= 11 is 0. The lowest BCUT2D eigenvalue weighted by Gasteiger charge is -2.33. The van der Waals surface area contributed by atoms with Gasteiger partial charge in [0.2, 0.25) is 0 Å². The minimum Gasteiger partial charge on any atom is -0.351 e. The molecule has 0 unspecified atom stereocenters. The van der Waals surface area contributed by atoms with Crippen molar-refractivity contribution in [2.24, 2.45) is 0 Å². The summed E-state index contributed by atoms with van der Waals surface area (Å²) in [6.45, 7) is 9.09. The standard InChI is InChI=1S/C31H34N4O/c1-21-8-6-11-24(18-21)29-30(25-12-7-9-22(2)19-25)34-28-20-26(13-14-27(28)33-29)31(36)32-15-17-35-16-5-4-10-23(35)3/h6-9,11-14,18-20,23H,4-5,10,15-17H2,1-3H3,(H,32,36)/t23-/m0/s1. The van der Waals surface area contributed by atoms with Crippen LogP contribution in [0.25, 0.3) is 33.5 Å². The molecule has 1 aliphatic rings. The van der Waals surface area contributed by atoms with E-state index < -0.39 is 0 Å². The molecule has 0 spiro atoms. The van der Waals surface area contributed by atoms with Crippen LogP contribution in [0.2, 0.25) is 0 Å². The largest absolute Gasteiger partial charge is 0.351 e. The quantitative estimate of drug-likeness (QED) is 0.359. The van der Waals surface area contributed by atoms with Crippen molar-refractivity contribution >= 4 is 16.9 Å². The number of amides is 1. The van der Waals surface area contributed by atoms with Gasteiger partial charge in [-0.15, -0.1) is 0 Å². The van der Waals surface area contributed by atoms with E-state index in [1.807, 2.05) is 24.3 Å². The van der Waals surface area contributed by atoms with Crippen LogP contribution in [-0.4, -0.2) is 46.5 Å².